The van der Waals surface area contributed by atoms with Gasteiger partial charge >= 0.3 is 0 Å². The van der Waals surface area contributed by atoms with Crippen LogP contribution in [0.4, 0.5) is 0 Å². The van der Waals surface area contributed by atoms with Gasteiger partial charge in [-0.2, -0.15) is 0 Å². The number of rotatable bonds is 6. The fraction of sp³-hybridized carbons (Fsp3) is 0.562. The van der Waals surface area contributed by atoms with E-state index in [0.717, 1.165) is 44.9 Å². The van der Waals surface area contributed by atoms with Crippen molar-refractivity contribution in [3.8, 4) is 5.75 Å². The highest BCUT2D eigenvalue weighted by atomic mass is 16.5. The van der Waals surface area contributed by atoms with E-state index in [-0.39, 0.29) is 5.91 Å². The second-order valence-corrected chi connectivity index (χ2v) is 5.46. The number of amides is 1. The molecule has 1 N–H and O–H groups in total. The summed E-state index contributed by atoms with van der Waals surface area (Å²) in [6.07, 6.45) is 0.917. The molecule has 116 valence electrons. The fourth-order valence-electron chi connectivity index (χ4n) is 2.39. The third kappa shape index (κ3) is 5.02. The molecule has 1 aromatic carbocycles. The highest BCUT2D eigenvalue weighted by molar-refractivity contribution is 5.78. The van der Waals surface area contributed by atoms with Gasteiger partial charge in [0, 0.05) is 26.2 Å². The maximum Gasteiger partial charge on any atom is 0.236 e. The Kier molecular flexibility index (Phi) is 6.02. The third-order valence-corrected chi connectivity index (χ3v) is 3.88. The molecule has 5 heteroatoms. The van der Waals surface area contributed by atoms with Gasteiger partial charge in [0.25, 0.3) is 0 Å². The molecule has 1 amide bonds. The van der Waals surface area contributed by atoms with Crippen LogP contribution in [0.2, 0.25) is 0 Å². The van der Waals surface area contributed by atoms with Crippen LogP contribution in [0.5, 0.6) is 5.75 Å². The third-order valence-electron chi connectivity index (χ3n) is 3.88. The van der Waals surface area contributed by atoms with Gasteiger partial charge in [-0.25, -0.2) is 0 Å². The molecule has 0 spiro atoms. The Labute approximate surface area is 126 Å². The number of ether oxygens (including phenoxy) is 1. The summed E-state index contributed by atoms with van der Waals surface area (Å²) < 4.78 is 5.13. The molecule has 1 aliphatic heterocycles. The van der Waals surface area contributed by atoms with E-state index in [1.54, 1.807) is 7.11 Å². The molecule has 0 radical (unpaired) electrons. The van der Waals surface area contributed by atoms with Crippen LogP contribution in [0.1, 0.15) is 5.56 Å². The molecule has 0 atom stereocenters. The summed E-state index contributed by atoms with van der Waals surface area (Å²) in [5.41, 5.74) is 1.25. The Hall–Kier alpha value is -1.59. The molecule has 0 aliphatic carbocycles. The van der Waals surface area contributed by atoms with Gasteiger partial charge in [-0.15, -0.1) is 0 Å². The van der Waals surface area contributed by atoms with Gasteiger partial charge in [-0.1, -0.05) is 12.1 Å². The Balaban J connectivity index is 1.63. The normalized spacial score (nSPS) is 16.0. The molecular weight excluding hydrogens is 266 g/mol. The van der Waals surface area contributed by atoms with Gasteiger partial charge in [0.15, 0.2) is 0 Å². The Morgan fingerprint density at radius 1 is 1.19 bits per heavy atom. The average Bonchev–Trinajstić information content (AvgIpc) is 2.52. The van der Waals surface area contributed by atoms with Gasteiger partial charge in [0.2, 0.25) is 5.91 Å². The van der Waals surface area contributed by atoms with Crippen molar-refractivity contribution >= 4 is 5.91 Å². The van der Waals surface area contributed by atoms with Crippen molar-refractivity contribution in [1.82, 2.24) is 15.1 Å². The second kappa shape index (κ2) is 8.00. The lowest BCUT2D eigenvalue weighted by Crippen LogP contribution is -2.49. The van der Waals surface area contributed by atoms with Crippen LogP contribution in [-0.4, -0.2) is 69.1 Å². The summed E-state index contributed by atoms with van der Waals surface area (Å²) in [6, 6.07) is 8.04. The highest BCUT2D eigenvalue weighted by Crippen LogP contribution is 2.11. The van der Waals surface area contributed by atoms with Crippen molar-refractivity contribution < 1.29 is 9.53 Å². The predicted molar refractivity (Wildman–Crippen MR) is 83.6 cm³/mol. The van der Waals surface area contributed by atoms with Crippen LogP contribution in [0.3, 0.4) is 0 Å². The number of carbonyl (C=O) groups is 1. The molecule has 1 heterocycles. The van der Waals surface area contributed by atoms with E-state index in [1.807, 2.05) is 17.0 Å². The van der Waals surface area contributed by atoms with Gasteiger partial charge in [0.05, 0.1) is 13.7 Å². The number of benzene rings is 1. The maximum atomic E-state index is 12.0. The molecule has 0 unspecified atom stereocenters. The van der Waals surface area contributed by atoms with Gasteiger partial charge in [-0.05, 0) is 37.7 Å². The number of nitrogens with one attached hydrogen (secondary N) is 1. The summed E-state index contributed by atoms with van der Waals surface area (Å²) in [6.45, 7) is 4.87. The zero-order valence-corrected chi connectivity index (χ0v) is 13.0. The Bertz CT molecular complexity index is 439. The largest absolute Gasteiger partial charge is 0.497 e. The zero-order chi connectivity index (χ0) is 15.1. The molecule has 5 nitrogen and oxygen atoms in total. The van der Waals surface area contributed by atoms with Crippen LogP contribution >= 0.6 is 0 Å². The van der Waals surface area contributed by atoms with E-state index in [0.29, 0.717) is 6.54 Å². The van der Waals surface area contributed by atoms with E-state index in [1.165, 1.54) is 5.56 Å². The molecule has 1 aromatic rings. The monoisotopic (exact) mass is 291 g/mol. The van der Waals surface area contributed by atoms with Crippen molar-refractivity contribution in [3.05, 3.63) is 29.8 Å². The first kappa shape index (κ1) is 15.8. The molecular formula is C16H25N3O2. The van der Waals surface area contributed by atoms with Crippen molar-refractivity contribution in [3.63, 3.8) is 0 Å². The average molecular weight is 291 g/mol. The zero-order valence-electron chi connectivity index (χ0n) is 13.0. The first-order chi connectivity index (χ1) is 10.2. The fourth-order valence-corrected chi connectivity index (χ4v) is 2.39. The van der Waals surface area contributed by atoms with E-state index in [4.69, 9.17) is 4.74 Å². The maximum absolute atomic E-state index is 12.0. The van der Waals surface area contributed by atoms with Crippen molar-refractivity contribution in [2.45, 2.75) is 6.42 Å². The van der Waals surface area contributed by atoms with Crippen LogP contribution in [0.25, 0.3) is 0 Å². The molecule has 0 aromatic heterocycles. The molecule has 21 heavy (non-hydrogen) atoms. The number of methoxy groups -OCH3 is 1. The number of hydrogen-bond acceptors (Lipinski definition) is 4. The predicted octanol–water partition coefficient (Wildman–Crippen LogP) is 0.601. The topological polar surface area (TPSA) is 44.8 Å². The lowest BCUT2D eigenvalue weighted by molar-refractivity contribution is -0.131. The summed E-state index contributed by atoms with van der Waals surface area (Å²) >= 11 is 0. The van der Waals surface area contributed by atoms with Crippen molar-refractivity contribution in [2.24, 2.45) is 0 Å². The summed E-state index contributed by atoms with van der Waals surface area (Å²) in [4.78, 5) is 16.2. The first-order valence-corrected chi connectivity index (χ1v) is 7.49. The van der Waals surface area contributed by atoms with E-state index in [9.17, 15) is 4.79 Å². The minimum Gasteiger partial charge on any atom is -0.497 e. The van der Waals surface area contributed by atoms with E-state index < -0.39 is 0 Å². The van der Waals surface area contributed by atoms with Crippen LogP contribution in [0, 0.1) is 0 Å². The van der Waals surface area contributed by atoms with E-state index >= 15 is 0 Å². The lowest BCUT2D eigenvalue weighted by Gasteiger charge is -2.32. The Morgan fingerprint density at radius 3 is 2.48 bits per heavy atom. The Morgan fingerprint density at radius 2 is 1.86 bits per heavy atom. The van der Waals surface area contributed by atoms with Gasteiger partial charge < -0.3 is 19.9 Å². The minimum absolute atomic E-state index is 0.206. The first-order valence-electron chi connectivity index (χ1n) is 7.49. The summed E-state index contributed by atoms with van der Waals surface area (Å²) in [5, 5.41) is 3.23. The molecule has 0 bridgehead atoms. The molecule has 2 rings (SSSR count). The van der Waals surface area contributed by atoms with E-state index in [2.05, 4.69) is 29.4 Å². The highest BCUT2D eigenvalue weighted by Gasteiger charge is 2.18. The smallest absolute Gasteiger partial charge is 0.236 e. The SMILES string of the molecule is COc1ccc(CCNCC(=O)N2CCN(C)CC2)cc1. The number of piperazine rings is 1. The van der Waals surface area contributed by atoms with Crippen LogP contribution in [-0.2, 0) is 11.2 Å². The minimum atomic E-state index is 0.206. The quantitative estimate of drug-likeness (QED) is 0.780. The molecule has 1 fully saturated rings. The van der Waals surface area contributed by atoms with Crippen molar-refractivity contribution in [1.29, 1.82) is 0 Å². The van der Waals surface area contributed by atoms with Gasteiger partial charge in [0.1, 0.15) is 5.75 Å². The summed E-state index contributed by atoms with van der Waals surface area (Å²) in [7, 11) is 3.76. The molecule has 1 saturated heterocycles. The number of hydrogen-bond donors (Lipinski definition) is 1. The standard InChI is InChI=1S/C16H25N3O2/c1-18-9-11-19(12-10-18)16(20)13-17-8-7-14-3-5-15(21-2)6-4-14/h3-6,17H,7-13H2,1-2H3. The van der Waals surface area contributed by atoms with Crippen LogP contribution in [0.15, 0.2) is 24.3 Å². The molecule has 1 aliphatic rings. The number of likely N-dealkylation sites (N-methyl/N-ethyl adjacent to an activating group) is 1. The van der Waals surface area contributed by atoms with Crippen molar-refractivity contribution in [2.75, 3.05) is 53.4 Å². The van der Waals surface area contributed by atoms with Crippen LogP contribution < -0.4 is 10.1 Å². The number of carbonyl (C=O) groups excluding carboxylic acids is 1. The second-order valence-electron chi connectivity index (χ2n) is 5.46. The summed E-state index contributed by atoms with van der Waals surface area (Å²) in [5.74, 6) is 1.08. The number of nitrogens with zero attached hydrogens (tertiary/aromatic N) is 2. The van der Waals surface area contributed by atoms with Gasteiger partial charge in [-0.3, -0.25) is 4.79 Å². The molecule has 0 saturated carbocycles. The lowest BCUT2D eigenvalue weighted by atomic mass is 10.1.